The lowest BCUT2D eigenvalue weighted by molar-refractivity contribution is -0.191. The lowest BCUT2D eigenvalue weighted by atomic mass is 10.1. The van der Waals surface area contributed by atoms with Crippen LogP contribution in [0.4, 0.5) is 0 Å². The van der Waals surface area contributed by atoms with Crippen LogP contribution >= 0.6 is 0 Å². The number of hydrogen-bond acceptors (Lipinski definition) is 8. The fourth-order valence-electron chi connectivity index (χ4n) is 1.78. The molecule has 1 atom stereocenters. The molecule has 1 aliphatic heterocycles. The van der Waals surface area contributed by atoms with E-state index in [1.165, 1.54) is 24.3 Å². The smallest absolute Gasteiger partial charge is 0.373 e. The van der Waals surface area contributed by atoms with Gasteiger partial charge in [0.2, 0.25) is 17.4 Å². The largest absolute Gasteiger partial charge is 0.460 e. The average Bonchev–Trinajstić information content (AvgIpc) is 3.00. The van der Waals surface area contributed by atoms with Gasteiger partial charge in [-0.1, -0.05) is 60.5 Å². The third-order valence-electron chi connectivity index (χ3n) is 2.75. The molecule has 9 heteroatoms. The molecule has 0 spiro atoms. The number of Topliss-reactive ketones (excluding diaryl/α,β-unsaturated/α-hetero) is 1. The Kier molecular flexibility index (Phi) is 3.47. The zero-order chi connectivity index (χ0) is 27.8. The van der Waals surface area contributed by atoms with E-state index >= 15 is 0 Å². The van der Waals surface area contributed by atoms with Gasteiger partial charge >= 0.3 is 16.3 Å². The molecule has 2 aromatic carbocycles. The lowest BCUT2D eigenvalue weighted by Gasteiger charge is -2.09. The number of carbonyl (C=O) groups is 1. The highest BCUT2D eigenvalue weighted by atomic mass is 32.2. The van der Waals surface area contributed by atoms with Gasteiger partial charge in [-0.25, -0.2) is 0 Å². The van der Waals surface area contributed by atoms with Crippen LogP contribution in [-0.4, -0.2) is 20.4 Å². The van der Waals surface area contributed by atoms with Gasteiger partial charge in [0.1, 0.15) is 5.70 Å². The van der Waals surface area contributed by atoms with Gasteiger partial charge in [0.05, 0.1) is 12.3 Å². The maximum absolute atomic E-state index is 12.8. The van der Waals surface area contributed by atoms with Crippen molar-refractivity contribution in [1.29, 1.82) is 0 Å². The highest BCUT2D eigenvalue weighted by Gasteiger charge is 2.39. The summed E-state index contributed by atoms with van der Waals surface area (Å²) < 4.78 is 105. The van der Waals surface area contributed by atoms with Gasteiger partial charge in [-0.05, 0) is 5.56 Å². The van der Waals surface area contributed by atoms with E-state index in [2.05, 4.69) is 4.18 Å². The van der Waals surface area contributed by atoms with E-state index in [4.69, 9.17) is 32.4 Å². The monoisotopic (exact) mass is 398 g/mol. The molecule has 1 aliphatic rings. The quantitative estimate of drug-likeness (QED) is 0.749. The predicted molar refractivity (Wildman–Crippen MR) is 91.6 cm³/mol. The molecule has 0 fully saturated rings. The van der Waals surface area contributed by atoms with Crippen molar-refractivity contribution in [1.82, 2.24) is 0 Å². The molecule has 0 saturated carbocycles. The molecule has 0 bridgehead atoms. The molecule has 27 heavy (non-hydrogen) atoms. The maximum Gasteiger partial charge on any atom is 0.373 e. The van der Waals surface area contributed by atoms with Crippen LogP contribution in [0.25, 0.3) is 0 Å². The first-order valence-corrected chi connectivity index (χ1v) is 8.20. The Morgan fingerprint density at radius 2 is 1.81 bits per heavy atom. The molecule has 3 rings (SSSR count). The highest BCUT2D eigenvalue weighted by Crippen LogP contribution is 2.32. The summed E-state index contributed by atoms with van der Waals surface area (Å²) in [6.45, 7) is 0. The number of ketones is 1. The second kappa shape index (κ2) is 8.79. The normalized spacial score (nSPS) is 24.0. The first-order valence-electron chi connectivity index (χ1n) is 11.3. The Hall–Kier alpha value is -3.42. The SMILES string of the molecule is O=C=O.[2H]c1ccc([C@@]2([2H])OC(N)=C(OS(=O)(=O)C([2H])([2H])c3c([2H])c([2H])c([2H])c([2H])c3[2H])C2=O)cc1. The zero-order valence-corrected chi connectivity index (χ0v) is 14.0. The van der Waals surface area contributed by atoms with Crippen LogP contribution in [0.15, 0.2) is 72.2 Å². The second-order valence-electron chi connectivity index (χ2n) is 4.47. The van der Waals surface area contributed by atoms with Gasteiger partial charge < -0.3 is 14.7 Å². The number of benzene rings is 2. The van der Waals surface area contributed by atoms with Gasteiger partial charge in [-0.15, -0.1) is 0 Å². The maximum atomic E-state index is 12.8. The molecular formula is C18H15NO7S. The Morgan fingerprint density at radius 1 is 1.22 bits per heavy atom. The van der Waals surface area contributed by atoms with E-state index in [-0.39, 0.29) is 17.8 Å². The van der Waals surface area contributed by atoms with Crippen LogP contribution in [0.3, 0.4) is 0 Å². The zero-order valence-electron chi connectivity index (χ0n) is 22.2. The van der Waals surface area contributed by atoms with E-state index in [0.717, 1.165) is 0 Å². The van der Waals surface area contributed by atoms with Gasteiger partial charge in [0.15, 0.2) is 6.08 Å². The van der Waals surface area contributed by atoms with Crippen LogP contribution in [0.1, 0.15) is 29.5 Å². The van der Waals surface area contributed by atoms with Gasteiger partial charge in [0.25, 0.3) is 0 Å². The third kappa shape index (κ3) is 5.27. The lowest BCUT2D eigenvalue weighted by Crippen LogP contribution is -2.16. The standard InChI is InChI=1S/C17H15NO5S.CO2/c18-17-16(14(19)15(22-17)13-9-5-2-6-10-13)23-24(20,21)11-12-7-3-1-4-8-12;2-1-3/h1-10,15H,11,18H2;/t15-;/m1./s1/i1D,2D,3D,4D,7D,8D,11D2,15D;. The number of rotatable bonds is 5. The summed E-state index contributed by atoms with van der Waals surface area (Å²) in [5, 5.41) is 0. The Morgan fingerprint density at radius 3 is 2.41 bits per heavy atom. The van der Waals surface area contributed by atoms with Crippen molar-refractivity contribution in [2.75, 3.05) is 0 Å². The number of ether oxygens (including phenoxy) is 1. The summed E-state index contributed by atoms with van der Waals surface area (Å²) in [5.74, 6) is -3.54. The summed E-state index contributed by atoms with van der Waals surface area (Å²) >= 11 is 0. The Balaban J connectivity index is 0.00000145. The first kappa shape index (κ1) is 10.7. The molecule has 0 saturated heterocycles. The minimum Gasteiger partial charge on any atom is -0.460 e. The van der Waals surface area contributed by atoms with Crippen molar-refractivity contribution in [3.05, 3.63) is 83.3 Å². The average molecular weight is 398 g/mol. The molecule has 0 aliphatic carbocycles. The molecule has 0 radical (unpaired) electrons. The van der Waals surface area contributed by atoms with Crippen molar-refractivity contribution < 1.29 is 44.1 Å². The first-order chi connectivity index (χ1) is 16.5. The fraction of sp³-hybridized carbons (Fsp3) is 0.111. The number of nitrogens with two attached hydrogens (primary N) is 1. The number of hydrogen-bond donors (Lipinski definition) is 1. The Bertz CT molecular complexity index is 1380. The Labute approximate surface area is 168 Å². The minimum absolute atomic E-state index is 0.0552. The molecule has 8 nitrogen and oxygen atoms in total. The molecule has 0 amide bonds. The molecule has 2 N–H and O–H groups in total. The molecule has 2 aromatic rings. The van der Waals surface area contributed by atoms with Gasteiger partial charge in [-0.2, -0.15) is 18.0 Å². The van der Waals surface area contributed by atoms with Crippen LogP contribution in [0.5, 0.6) is 0 Å². The predicted octanol–water partition coefficient (Wildman–Crippen LogP) is 1.42. The van der Waals surface area contributed by atoms with Gasteiger partial charge in [0, 0.05) is 5.56 Å². The van der Waals surface area contributed by atoms with Crippen molar-refractivity contribution in [3.8, 4) is 0 Å². The fourth-order valence-corrected chi connectivity index (χ4v) is 2.55. The topological polar surface area (TPSA) is 130 Å². The van der Waals surface area contributed by atoms with Crippen LogP contribution in [0, 0.1) is 0 Å². The minimum atomic E-state index is -5.58. The summed E-state index contributed by atoms with van der Waals surface area (Å²) in [7, 11) is -5.58. The highest BCUT2D eigenvalue weighted by molar-refractivity contribution is 7.86. The van der Waals surface area contributed by atoms with E-state index < -0.39 is 75.1 Å². The molecule has 140 valence electrons. The van der Waals surface area contributed by atoms with Crippen molar-refractivity contribution >= 4 is 22.1 Å². The molecule has 1 heterocycles. The van der Waals surface area contributed by atoms with E-state index in [1.807, 2.05) is 0 Å². The molecule has 0 aromatic heterocycles. The van der Waals surface area contributed by atoms with E-state index in [0.29, 0.717) is 0 Å². The van der Waals surface area contributed by atoms with Crippen LogP contribution in [0.2, 0.25) is 0 Å². The van der Waals surface area contributed by atoms with Crippen LogP contribution in [-0.2, 0) is 39.1 Å². The van der Waals surface area contributed by atoms with Crippen LogP contribution < -0.4 is 5.73 Å². The van der Waals surface area contributed by atoms with Crippen molar-refractivity contribution in [2.45, 2.75) is 11.8 Å². The van der Waals surface area contributed by atoms with Crippen molar-refractivity contribution in [2.24, 2.45) is 5.73 Å². The third-order valence-corrected chi connectivity index (χ3v) is 3.59. The second-order valence-corrected chi connectivity index (χ2v) is 5.74. The van der Waals surface area contributed by atoms with E-state index in [9.17, 15) is 13.2 Å². The summed E-state index contributed by atoms with van der Waals surface area (Å²) in [6, 6.07) is -0.145. The summed E-state index contributed by atoms with van der Waals surface area (Å²) in [5.41, 5.74) is 0.461. The summed E-state index contributed by atoms with van der Waals surface area (Å²) in [4.78, 5) is 29.0. The number of carbonyl (C=O) groups excluding carboxylic acids is 3. The van der Waals surface area contributed by atoms with Gasteiger partial charge in [-0.3, -0.25) is 4.79 Å². The van der Waals surface area contributed by atoms with E-state index in [1.54, 1.807) is 0 Å². The molecule has 0 unspecified atom stereocenters. The van der Waals surface area contributed by atoms with Crippen molar-refractivity contribution in [3.63, 3.8) is 0 Å². The molecular weight excluding hydrogens is 374 g/mol. The summed E-state index contributed by atoms with van der Waals surface area (Å²) in [6.07, 6.45) is -2.33.